The predicted octanol–water partition coefficient (Wildman–Crippen LogP) is 5.13. The molecule has 0 aromatic heterocycles. The zero-order valence-electron chi connectivity index (χ0n) is 9.48. The standard InChI is InChI=1S/C13H8BrClF3N/c14-10-4-9(16)5-12(18)13(10)19-6-7-1-2-8(15)3-11(7)17/h1-5,19H,6H2. The summed E-state index contributed by atoms with van der Waals surface area (Å²) in [5, 5.41) is 3.00. The fourth-order valence-corrected chi connectivity index (χ4v) is 2.27. The molecule has 6 heteroatoms. The molecule has 2 aromatic carbocycles. The molecule has 0 heterocycles. The van der Waals surface area contributed by atoms with Gasteiger partial charge in [0.1, 0.15) is 17.5 Å². The summed E-state index contributed by atoms with van der Waals surface area (Å²) >= 11 is 8.68. The van der Waals surface area contributed by atoms with Crippen molar-refractivity contribution in [3.8, 4) is 0 Å². The Hall–Kier alpha value is -1.20. The van der Waals surface area contributed by atoms with E-state index < -0.39 is 17.5 Å². The van der Waals surface area contributed by atoms with Gasteiger partial charge in [-0.15, -0.1) is 0 Å². The minimum atomic E-state index is -0.749. The fourth-order valence-electron chi connectivity index (χ4n) is 1.56. The molecule has 0 amide bonds. The van der Waals surface area contributed by atoms with Crippen LogP contribution in [-0.4, -0.2) is 0 Å². The third kappa shape index (κ3) is 3.42. The monoisotopic (exact) mass is 349 g/mol. The van der Waals surface area contributed by atoms with Crippen molar-refractivity contribution in [2.24, 2.45) is 0 Å². The number of hydrogen-bond acceptors (Lipinski definition) is 1. The van der Waals surface area contributed by atoms with Gasteiger partial charge >= 0.3 is 0 Å². The van der Waals surface area contributed by atoms with Crippen molar-refractivity contribution in [1.29, 1.82) is 0 Å². The van der Waals surface area contributed by atoms with E-state index in [0.29, 0.717) is 5.56 Å². The Labute approximate surface area is 121 Å². The van der Waals surface area contributed by atoms with Crippen LogP contribution in [0.4, 0.5) is 18.9 Å². The van der Waals surface area contributed by atoms with E-state index >= 15 is 0 Å². The lowest BCUT2D eigenvalue weighted by Gasteiger charge is -2.10. The Morgan fingerprint density at radius 2 is 1.79 bits per heavy atom. The molecule has 0 aliphatic rings. The minimum Gasteiger partial charge on any atom is -0.378 e. The van der Waals surface area contributed by atoms with Crippen molar-refractivity contribution in [3.05, 3.63) is 62.8 Å². The summed E-state index contributed by atoms with van der Waals surface area (Å²) in [5.74, 6) is -1.92. The van der Waals surface area contributed by atoms with Gasteiger partial charge in [-0.1, -0.05) is 17.7 Å². The lowest BCUT2D eigenvalue weighted by atomic mass is 10.2. The lowest BCUT2D eigenvalue weighted by Crippen LogP contribution is -2.04. The van der Waals surface area contributed by atoms with E-state index in [1.807, 2.05) is 0 Å². The predicted molar refractivity (Wildman–Crippen MR) is 72.8 cm³/mol. The highest BCUT2D eigenvalue weighted by Gasteiger charge is 2.10. The van der Waals surface area contributed by atoms with Crippen molar-refractivity contribution in [2.75, 3.05) is 5.32 Å². The van der Waals surface area contributed by atoms with E-state index in [-0.39, 0.29) is 21.7 Å². The molecule has 0 aliphatic heterocycles. The summed E-state index contributed by atoms with van der Waals surface area (Å²) in [4.78, 5) is 0. The Balaban J connectivity index is 2.19. The van der Waals surface area contributed by atoms with E-state index in [2.05, 4.69) is 21.2 Å². The first-order valence-electron chi connectivity index (χ1n) is 5.29. The Bertz CT molecular complexity index is 596. The lowest BCUT2D eigenvalue weighted by molar-refractivity contribution is 0.582. The van der Waals surface area contributed by atoms with Crippen LogP contribution in [0.3, 0.4) is 0 Å². The summed E-state index contributed by atoms with van der Waals surface area (Å²) in [6, 6.07) is 6.10. The van der Waals surface area contributed by atoms with Gasteiger partial charge in [0.2, 0.25) is 0 Å². The third-order valence-corrected chi connectivity index (χ3v) is 3.34. The van der Waals surface area contributed by atoms with Crippen LogP contribution in [0.15, 0.2) is 34.8 Å². The van der Waals surface area contributed by atoms with Crippen LogP contribution < -0.4 is 5.32 Å². The summed E-state index contributed by atoms with van der Waals surface area (Å²) in [5.41, 5.74) is 0.413. The Kier molecular flexibility index (Phi) is 4.37. The van der Waals surface area contributed by atoms with Crippen LogP contribution in [0.25, 0.3) is 0 Å². The molecule has 0 saturated carbocycles. The molecule has 2 aromatic rings. The summed E-state index contributed by atoms with van der Waals surface area (Å²) in [6.45, 7) is 0.0597. The fraction of sp³-hybridized carbons (Fsp3) is 0.0769. The van der Waals surface area contributed by atoms with E-state index in [4.69, 9.17) is 11.6 Å². The molecule has 2 rings (SSSR count). The molecule has 1 N–H and O–H groups in total. The molecule has 100 valence electrons. The average Bonchev–Trinajstić information content (AvgIpc) is 2.30. The maximum Gasteiger partial charge on any atom is 0.150 e. The largest absolute Gasteiger partial charge is 0.378 e. The topological polar surface area (TPSA) is 12.0 Å². The van der Waals surface area contributed by atoms with Crippen LogP contribution in [0.2, 0.25) is 5.02 Å². The van der Waals surface area contributed by atoms with Crippen molar-refractivity contribution in [2.45, 2.75) is 6.54 Å². The molecule has 0 unspecified atom stereocenters. The normalized spacial score (nSPS) is 10.6. The van der Waals surface area contributed by atoms with Gasteiger partial charge in [0.15, 0.2) is 0 Å². The van der Waals surface area contributed by atoms with Gasteiger partial charge in [0.25, 0.3) is 0 Å². The maximum atomic E-state index is 13.5. The number of halogens is 5. The molecule has 1 nitrogen and oxygen atoms in total. The van der Waals surface area contributed by atoms with Crippen LogP contribution in [0.5, 0.6) is 0 Å². The highest BCUT2D eigenvalue weighted by atomic mass is 79.9. The van der Waals surface area contributed by atoms with Crippen LogP contribution in [0.1, 0.15) is 5.56 Å². The SMILES string of the molecule is Fc1cc(F)c(NCc2ccc(Cl)cc2F)c(Br)c1. The van der Waals surface area contributed by atoms with Gasteiger partial charge in [0.05, 0.1) is 5.69 Å². The first-order valence-corrected chi connectivity index (χ1v) is 6.47. The highest BCUT2D eigenvalue weighted by Crippen LogP contribution is 2.27. The number of rotatable bonds is 3. The number of anilines is 1. The Morgan fingerprint density at radius 1 is 1.05 bits per heavy atom. The quantitative estimate of drug-likeness (QED) is 0.809. The zero-order chi connectivity index (χ0) is 14.0. The molecule has 0 bridgehead atoms. The van der Waals surface area contributed by atoms with Gasteiger partial charge in [-0.25, -0.2) is 13.2 Å². The molecule has 0 atom stereocenters. The molecular weight excluding hydrogens is 343 g/mol. The first kappa shape index (κ1) is 14.2. The van der Waals surface area contributed by atoms with Crippen LogP contribution in [0, 0.1) is 17.5 Å². The molecule has 19 heavy (non-hydrogen) atoms. The van der Waals surface area contributed by atoms with Crippen LogP contribution in [-0.2, 0) is 6.54 Å². The van der Waals surface area contributed by atoms with Gasteiger partial charge in [-0.3, -0.25) is 0 Å². The molecule has 0 aliphatic carbocycles. The number of hydrogen-bond donors (Lipinski definition) is 1. The van der Waals surface area contributed by atoms with Crippen molar-refractivity contribution in [3.63, 3.8) is 0 Å². The number of nitrogens with one attached hydrogen (secondary N) is 1. The molecule has 0 spiro atoms. The minimum absolute atomic E-state index is 0.0597. The van der Waals surface area contributed by atoms with Crippen LogP contribution >= 0.6 is 27.5 Å². The first-order chi connectivity index (χ1) is 8.97. The van der Waals surface area contributed by atoms with Crippen molar-refractivity contribution < 1.29 is 13.2 Å². The molecular formula is C13H8BrClF3N. The second-order valence-corrected chi connectivity index (χ2v) is 5.12. The average molecular weight is 351 g/mol. The van der Waals surface area contributed by atoms with Gasteiger partial charge in [0, 0.05) is 27.7 Å². The maximum absolute atomic E-state index is 13.5. The van der Waals surface area contributed by atoms with Gasteiger partial charge < -0.3 is 5.32 Å². The van der Waals surface area contributed by atoms with Crippen molar-refractivity contribution in [1.82, 2.24) is 0 Å². The summed E-state index contributed by atoms with van der Waals surface area (Å²) in [6.07, 6.45) is 0. The third-order valence-electron chi connectivity index (χ3n) is 2.48. The summed E-state index contributed by atoms with van der Waals surface area (Å²) < 4.78 is 40.2. The number of benzene rings is 2. The van der Waals surface area contributed by atoms with E-state index in [1.54, 1.807) is 0 Å². The summed E-state index contributed by atoms with van der Waals surface area (Å²) in [7, 11) is 0. The van der Waals surface area contributed by atoms with E-state index in [1.165, 1.54) is 18.2 Å². The van der Waals surface area contributed by atoms with Gasteiger partial charge in [-0.05, 0) is 34.1 Å². The van der Waals surface area contributed by atoms with E-state index in [0.717, 1.165) is 12.1 Å². The van der Waals surface area contributed by atoms with Crippen molar-refractivity contribution >= 4 is 33.2 Å². The molecule has 0 saturated heterocycles. The van der Waals surface area contributed by atoms with E-state index in [9.17, 15) is 13.2 Å². The smallest absolute Gasteiger partial charge is 0.150 e. The van der Waals surface area contributed by atoms with Gasteiger partial charge in [-0.2, -0.15) is 0 Å². The Morgan fingerprint density at radius 3 is 2.42 bits per heavy atom. The second-order valence-electron chi connectivity index (χ2n) is 3.83. The highest BCUT2D eigenvalue weighted by molar-refractivity contribution is 9.10. The second kappa shape index (κ2) is 5.84. The molecule has 0 radical (unpaired) electrons. The molecule has 0 fully saturated rings. The zero-order valence-corrected chi connectivity index (χ0v) is 11.8.